The van der Waals surface area contributed by atoms with Gasteiger partial charge in [0.1, 0.15) is 11.9 Å². The van der Waals surface area contributed by atoms with E-state index in [9.17, 15) is 9.90 Å². The number of anilines is 1. The Bertz CT molecular complexity index is 979. The Morgan fingerprint density at radius 2 is 1.67 bits per heavy atom. The molecule has 2 aromatic rings. The molecule has 0 aromatic heterocycles. The molecule has 2 aromatic carbocycles. The van der Waals surface area contributed by atoms with Crippen LogP contribution in [0.1, 0.15) is 36.7 Å². The van der Waals surface area contributed by atoms with E-state index in [1.807, 2.05) is 55.5 Å². The number of carbonyl (C=O) groups excluding carboxylic acids is 1. The van der Waals surface area contributed by atoms with E-state index in [1.165, 1.54) is 6.08 Å². The number of aliphatic hydroxyl groups excluding tert-OH is 1. The molecular formula is C25H31Cl2N3O3. The summed E-state index contributed by atoms with van der Waals surface area (Å²) >= 11 is 0. The van der Waals surface area contributed by atoms with Crippen molar-refractivity contribution in [3.05, 3.63) is 65.7 Å². The first-order chi connectivity index (χ1) is 14.9. The maximum atomic E-state index is 11.5. The van der Waals surface area contributed by atoms with Crippen molar-refractivity contribution in [3.8, 4) is 11.8 Å². The van der Waals surface area contributed by atoms with Gasteiger partial charge in [0.05, 0.1) is 6.07 Å². The van der Waals surface area contributed by atoms with Crippen LogP contribution in [0.5, 0.6) is 5.75 Å². The van der Waals surface area contributed by atoms with Crippen LogP contribution in [0.3, 0.4) is 0 Å². The van der Waals surface area contributed by atoms with Gasteiger partial charge in [0.25, 0.3) is 0 Å². The Kier molecular flexibility index (Phi) is 11.4. The third-order valence-electron chi connectivity index (χ3n) is 5.57. The topological polar surface area (TPSA) is 76.8 Å². The second kappa shape index (κ2) is 13.2. The van der Waals surface area contributed by atoms with Gasteiger partial charge in [-0.2, -0.15) is 5.26 Å². The van der Waals surface area contributed by atoms with Crippen LogP contribution in [-0.4, -0.2) is 54.3 Å². The van der Waals surface area contributed by atoms with Crippen molar-refractivity contribution in [2.45, 2.75) is 33.1 Å². The van der Waals surface area contributed by atoms with Gasteiger partial charge < -0.3 is 14.7 Å². The van der Waals surface area contributed by atoms with E-state index < -0.39 is 12.3 Å². The zero-order chi connectivity index (χ0) is 22.4. The third-order valence-corrected chi connectivity index (χ3v) is 5.57. The van der Waals surface area contributed by atoms with Crippen molar-refractivity contribution in [2.75, 3.05) is 31.1 Å². The highest BCUT2D eigenvalue weighted by Crippen LogP contribution is 2.28. The number of allylic oxidation sites excluding steroid dienone is 2. The summed E-state index contributed by atoms with van der Waals surface area (Å²) in [4.78, 5) is 15.9. The fraction of sp³-hybridized carbons (Fsp3) is 0.360. The molecule has 33 heavy (non-hydrogen) atoms. The Hall–Kier alpha value is -2.56. The number of para-hydroxylation sites is 1. The number of hydrogen-bond donors (Lipinski definition) is 1. The number of ether oxygens (including phenoxy) is 1. The minimum absolute atomic E-state index is 0. The van der Waals surface area contributed by atoms with Gasteiger partial charge in [-0.05, 0) is 56.7 Å². The first kappa shape index (κ1) is 28.5. The molecule has 1 N–H and O–H groups in total. The minimum Gasteiger partial charge on any atom is -0.472 e. The van der Waals surface area contributed by atoms with E-state index in [4.69, 9.17) is 10.00 Å². The molecule has 8 heteroatoms. The lowest BCUT2D eigenvalue weighted by molar-refractivity contribution is -0.0602. The van der Waals surface area contributed by atoms with Crippen molar-refractivity contribution in [2.24, 2.45) is 0 Å². The number of rotatable bonds is 7. The van der Waals surface area contributed by atoms with Gasteiger partial charge in [-0.25, -0.2) is 0 Å². The molecule has 6 nitrogen and oxygen atoms in total. The zero-order valence-corrected chi connectivity index (χ0v) is 20.7. The lowest BCUT2D eigenvalue weighted by atomic mass is 10.1. The second-order valence-electron chi connectivity index (χ2n) is 7.83. The van der Waals surface area contributed by atoms with Crippen LogP contribution in [0.4, 0.5) is 5.69 Å². The predicted molar refractivity (Wildman–Crippen MR) is 137 cm³/mol. The summed E-state index contributed by atoms with van der Waals surface area (Å²) in [6.45, 7) is 8.23. The highest BCUT2D eigenvalue weighted by molar-refractivity contribution is 5.94. The van der Waals surface area contributed by atoms with E-state index in [0.717, 1.165) is 43.0 Å². The molecule has 178 valence electrons. The summed E-state index contributed by atoms with van der Waals surface area (Å²) in [5.41, 5.74) is 3.46. The molecule has 1 saturated heterocycles. The van der Waals surface area contributed by atoms with E-state index >= 15 is 0 Å². The van der Waals surface area contributed by atoms with Gasteiger partial charge in [0.15, 0.2) is 12.0 Å². The molecule has 0 saturated carbocycles. The Balaban J connectivity index is 0.00000272. The van der Waals surface area contributed by atoms with E-state index in [1.54, 1.807) is 13.8 Å². The number of Topliss-reactive ketones (excluding diaryl/α,β-unsaturated/α-hetero) is 1. The standard InChI is InChI=1S/C25H29N3O3.2ClH/c1-18(12-13-26)23-6-4-5-7-24(23)31-25(20(3)30)28-16-14-27(15-17-28)22-10-8-21(9-11-22)19(2)29;;/h4-12,20,25,30H,14-17H2,1-3H3;2*1H/b18-12-;;. The van der Waals surface area contributed by atoms with Crippen LogP contribution in [0.15, 0.2) is 54.6 Å². The molecule has 1 aliphatic rings. The SMILES string of the molecule is CC(=O)c1ccc(N2CCN(C(Oc3ccccc3/C(C)=C\C#N)C(C)O)CC2)cc1.Cl.Cl. The number of hydrogen-bond acceptors (Lipinski definition) is 6. The molecule has 1 heterocycles. The van der Waals surface area contributed by atoms with Gasteiger partial charge in [0.2, 0.25) is 0 Å². The molecule has 0 spiro atoms. The lowest BCUT2D eigenvalue weighted by Crippen LogP contribution is -2.55. The van der Waals surface area contributed by atoms with Crippen molar-refractivity contribution in [3.63, 3.8) is 0 Å². The summed E-state index contributed by atoms with van der Waals surface area (Å²) in [5.74, 6) is 0.716. The van der Waals surface area contributed by atoms with Gasteiger partial charge in [-0.3, -0.25) is 9.69 Å². The number of piperazine rings is 1. The quantitative estimate of drug-likeness (QED) is 0.451. The van der Waals surface area contributed by atoms with Crippen LogP contribution in [0.25, 0.3) is 5.57 Å². The van der Waals surface area contributed by atoms with Gasteiger partial charge in [-0.15, -0.1) is 24.8 Å². The molecule has 1 fully saturated rings. The number of nitrogens with zero attached hydrogens (tertiary/aromatic N) is 3. The minimum atomic E-state index is -0.685. The van der Waals surface area contributed by atoms with Gasteiger partial charge >= 0.3 is 0 Å². The predicted octanol–water partition coefficient (Wildman–Crippen LogP) is 4.57. The fourth-order valence-corrected chi connectivity index (χ4v) is 3.82. The summed E-state index contributed by atoms with van der Waals surface area (Å²) < 4.78 is 6.27. The summed E-state index contributed by atoms with van der Waals surface area (Å²) in [5, 5.41) is 19.4. The Morgan fingerprint density at radius 1 is 1.06 bits per heavy atom. The third kappa shape index (κ3) is 7.21. The Morgan fingerprint density at radius 3 is 2.21 bits per heavy atom. The number of carbonyl (C=O) groups is 1. The summed E-state index contributed by atoms with van der Waals surface area (Å²) in [6, 6.07) is 17.3. The van der Waals surface area contributed by atoms with Gasteiger partial charge in [-0.1, -0.05) is 18.2 Å². The van der Waals surface area contributed by atoms with Crippen LogP contribution in [0.2, 0.25) is 0 Å². The lowest BCUT2D eigenvalue weighted by Gasteiger charge is -2.41. The fourth-order valence-electron chi connectivity index (χ4n) is 3.82. The molecule has 0 bridgehead atoms. The monoisotopic (exact) mass is 491 g/mol. The molecule has 2 atom stereocenters. The van der Waals surface area contributed by atoms with E-state index in [2.05, 4.69) is 15.9 Å². The summed E-state index contributed by atoms with van der Waals surface area (Å²) in [7, 11) is 0. The van der Waals surface area contributed by atoms with Crippen molar-refractivity contribution in [1.29, 1.82) is 5.26 Å². The highest BCUT2D eigenvalue weighted by atomic mass is 35.5. The van der Waals surface area contributed by atoms with E-state index in [0.29, 0.717) is 11.3 Å². The molecule has 2 unspecified atom stereocenters. The highest BCUT2D eigenvalue weighted by Gasteiger charge is 2.29. The second-order valence-corrected chi connectivity index (χ2v) is 7.83. The number of halogens is 2. The average molecular weight is 492 g/mol. The van der Waals surface area contributed by atoms with Crippen molar-refractivity contribution < 1.29 is 14.6 Å². The number of aliphatic hydroxyl groups is 1. The maximum absolute atomic E-state index is 11.5. The van der Waals surface area contributed by atoms with Gasteiger partial charge in [0, 0.05) is 49.1 Å². The smallest absolute Gasteiger partial charge is 0.178 e. The van der Waals surface area contributed by atoms with Crippen LogP contribution in [-0.2, 0) is 0 Å². The maximum Gasteiger partial charge on any atom is 0.178 e. The molecule has 1 aliphatic heterocycles. The number of nitriles is 1. The van der Waals surface area contributed by atoms with Crippen molar-refractivity contribution in [1.82, 2.24) is 4.90 Å². The van der Waals surface area contributed by atoms with E-state index in [-0.39, 0.29) is 30.6 Å². The average Bonchev–Trinajstić information content (AvgIpc) is 2.78. The zero-order valence-electron chi connectivity index (χ0n) is 19.1. The van der Waals surface area contributed by atoms with Crippen LogP contribution < -0.4 is 9.64 Å². The molecular weight excluding hydrogens is 461 g/mol. The number of ketones is 1. The molecule has 0 radical (unpaired) electrons. The van der Waals surface area contributed by atoms with Crippen molar-refractivity contribution >= 4 is 41.9 Å². The number of benzene rings is 2. The van der Waals surface area contributed by atoms with Crippen LogP contribution in [0, 0.1) is 11.3 Å². The normalized spacial score (nSPS) is 16.0. The molecule has 3 rings (SSSR count). The largest absolute Gasteiger partial charge is 0.472 e. The Labute approximate surface area is 208 Å². The molecule has 0 aliphatic carbocycles. The summed E-state index contributed by atoms with van der Waals surface area (Å²) in [6.07, 6.45) is 0.323. The first-order valence-electron chi connectivity index (χ1n) is 10.5. The van der Waals surface area contributed by atoms with Crippen LogP contribution >= 0.6 is 24.8 Å². The first-order valence-corrected chi connectivity index (χ1v) is 10.5. The molecule has 0 amide bonds.